The van der Waals surface area contributed by atoms with Crippen LogP contribution in [0.25, 0.3) is 0 Å². The molecule has 2 unspecified atom stereocenters. The van der Waals surface area contributed by atoms with Crippen molar-refractivity contribution in [3.63, 3.8) is 0 Å². The van der Waals surface area contributed by atoms with Gasteiger partial charge in [-0.1, -0.05) is 13.0 Å². The van der Waals surface area contributed by atoms with Gasteiger partial charge in [-0.15, -0.1) is 12.4 Å². The van der Waals surface area contributed by atoms with Crippen LogP contribution in [0, 0.1) is 0 Å². The number of nitrogen functional groups attached to an aromatic ring is 1. The molecule has 24 heavy (non-hydrogen) atoms. The van der Waals surface area contributed by atoms with Gasteiger partial charge in [0.25, 0.3) is 0 Å². The Bertz CT molecular complexity index is 578. The number of nitrogens with zero attached hydrogens (tertiary/aromatic N) is 2. The van der Waals surface area contributed by atoms with Crippen LogP contribution in [0.1, 0.15) is 51.5 Å². The van der Waals surface area contributed by atoms with Gasteiger partial charge in [-0.25, -0.2) is 0 Å². The maximum absolute atomic E-state index is 13.1. The van der Waals surface area contributed by atoms with E-state index in [1.54, 1.807) is 0 Å². The summed E-state index contributed by atoms with van der Waals surface area (Å²) in [6.45, 7) is 6.10. The monoisotopic (exact) mass is 351 g/mol. The average Bonchev–Trinajstić information content (AvgIpc) is 2.60. The second-order valence-electron chi connectivity index (χ2n) is 6.91. The summed E-state index contributed by atoms with van der Waals surface area (Å²) in [6, 6.07) is 6.39. The molecule has 134 valence electrons. The van der Waals surface area contributed by atoms with Crippen LogP contribution in [0.4, 0.5) is 11.4 Å². The Balaban J connectivity index is 0.00000208. The molecule has 0 aromatic heterocycles. The number of nitrogens with two attached hydrogens (primary N) is 1. The Morgan fingerprint density at radius 2 is 2.08 bits per heavy atom. The Morgan fingerprint density at radius 1 is 1.29 bits per heavy atom. The molecule has 1 aromatic rings. The zero-order valence-electron chi connectivity index (χ0n) is 14.8. The molecule has 2 aliphatic heterocycles. The molecule has 1 aromatic carbocycles. The van der Waals surface area contributed by atoms with E-state index in [-0.39, 0.29) is 24.4 Å². The summed E-state index contributed by atoms with van der Waals surface area (Å²) in [5.41, 5.74) is 9.37. The van der Waals surface area contributed by atoms with Crippen LogP contribution in [-0.4, -0.2) is 36.0 Å². The predicted octanol–water partition coefficient (Wildman–Crippen LogP) is 3.62. The first kappa shape index (κ1) is 18.9. The highest BCUT2D eigenvalue weighted by Gasteiger charge is 2.33. The van der Waals surface area contributed by atoms with E-state index in [9.17, 15) is 4.79 Å². The number of rotatable bonds is 3. The molecule has 0 saturated carbocycles. The SMILES string of the molecule is CCC1CCCCN1C(=O)C(C)N1CCCc2c(N)cccc21.Cl. The highest BCUT2D eigenvalue weighted by atomic mass is 35.5. The number of amides is 1. The van der Waals surface area contributed by atoms with E-state index in [1.165, 1.54) is 12.0 Å². The smallest absolute Gasteiger partial charge is 0.245 e. The van der Waals surface area contributed by atoms with Crippen LogP contribution in [-0.2, 0) is 11.2 Å². The van der Waals surface area contributed by atoms with Gasteiger partial charge in [-0.05, 0) is 63.1 Å². The molecule has 0 bridgehead atoms. The lowest BCUT2D eigenvalue weighted by Crippen LogP contribution is -2.53. The van der Waals surface area contributed by atoms with E-state index in [2.05, 4.69) is 29.7 Å². The van der Waals surface area contributed by atoms with Gasteiger partial charge in [-0.2, -0.15) is 0 Å². The largest absolute Gasteiger partial charge is 0.398 e. The summed E-state index contributed by atoms with van der Waals surface area (Å²) >= 11 is 0. The minimum Gasteiger partial charge on any atom is -0.398 e. The Morgan fingerprint density at radius 3 is 2.83 bits per heavy atom. The van der Waals surface area contributed by atoms with Crippen molar-refractivity contribution in [1.82, 2.24) is 4.90 Å². The van der Waals surface area contributed by atoms with Crippen molar-refractivity contribution in [2.45, 2.75) is 64.5 Å². The summed E-state index contributed by atoms with van der Waals surface area (Å²) in [7, 11) is 0. The van der Waals surface area contributed by atoms with Crippen molar-refractivity contribution in [3.8, 4) is 0 Å². The molecular weight excluding hydrogens is 322 g/mol. The fourth-order valence-corrected chi connectivity index (χ4v) is 4.17. The number of hydrogen-bond donors (Lipinski definition) is 1. The molecule has 2 heterocycles. The number of carbonyl (C=O) groups is 1. The Hall–Kier alpha value is -1.42. The second-order valence-corrected chi connectivity index (χ2v) is 6.91. The lowest BCUT2D eigenvalue weighted by Gasteiger charge is -2.41. The van der Waals surface area contributed by atoms with E-state index in [0.29, 0.717) is 6.04 Å². The van der Waals surface area contributed by atoms with Crippen molar-refractivity contribution >= 4 is 29.7 Å². The number of hydrogen-bond acceptors (Lipinski definition) is 3. The number of anilines is 2. The number of likely N-dealkylation sites (tertiary alicyclic amines) is 1. The van der Waals surface area contributed by atoms with Crippen LogP contribution < -0.4 is 10.6 Å². The summed E-state index contributed by atoms with van der Waals surface area (Å²) in [6.07, 6.45) is 6.68. The lowest BCUT2D eigenvalue weighted by atomic mass is 9.96. The fraction of sp³-hybridized carbons (Fsp3) is 0.632. The number of halogens is 1. The first-order chi connectivity index (χ1) is 11.1. The molecule has 1 fully saturated rings. The maximum Gasteiger partial charge on any atom is 0.245 e. The molecule has 2 N–H and O–H groups in total. The first-order valence-electron chi connectivity index (χ1n) is 9.08. The second kappa shape index (κ2) is 8.11. The summed E-state index contributed by atoms with van der Waals surface area (Å²) in [4.78, 5) is 17.5. The van der Waals surface area contributed by atoms with Crippen molar-refractivity contribution in [2.75, 3.05) is 23.7 Å². The van der Waals surface area contributed by atoms with Crippen molar-refractivity contribution in [1.29, 1.82) is 0 Å². The molecule has 3 rings (SSSR count). The highest BCUT2D eigenvalue weighted by Crippen LogP contribution is 2.33. The zero-order valence-corrected chi connectivity index (χ0v) is 15.6. The number of benzene rings is 1. The van der Waals surface area contributed by atoms with Gasteiger partial charge >= 0.3 is 0 Å². The third kappa shape index (κ3) is 3.49. The molecule has 4 nitrogen and oxygen atoms in total. The summed E-state index contributed by atoms with van der Waals surface area (Å²) in [5, 5.41) is 0. The van der Waals surface area contributed by atoms with E-state index in [4.69, 9.17) is 5.73 Å². The zero-order chi connectivity index (χ0) is 16.4. The summed E-state index contributed by atoms with van der Waals surface area (Å²) in [5.74, 6) is 0.284. The van der Waals surface area contributed by atoms with Crippen LogP contribution in [0.15, 0.2) is 18.2 Å². The first-order valence-corrected chi connectivity index (χ1v) is 9.08. The molecule has 2 aliphatic rings. The van der Waals surface area contributed by atoms with Gasteiger partial charge in [0, 0.05) is 30.5 Å². The van der Waals surface area contributed by atoms with Crippen LogP contribution >= 0.6 is 12.4 Å². The van der Waals surface area contributed by atoms with Crippen molar-refractivity contribution in [2.24, 2.45) is 0 Å². The van der Waals surface area contributed by atoms with Crippen LogP contribution in [0.2, 0.25) is 0 Å². The van der Waals surface area contributed by atoms with Gasteiger partial charge in [-0.3, -0.25) is 4.79 Å². The van der Waals surface area contributed by atoms with E-state index < -0.39 is 0 Å². The van der Waals surface area contributed by atoms with E-state index in [0.717, 1.165) is 56.6 Å². The van der Waals surface area contributed by atoms with Gasteiger partial charge in [0.05, 0.1) is 0 Å². The third-order valence-corrected chi connectivity index (χ3v) is 5.53. The molecular formula is C19H30ClN3O. The molecule has 5 heteroatoms. The minimum atomic E-state index is -0.108. The lowest BCUT2D eigenvalue weighted by molar-refractivity contribution is -0.136. The van der Waals surface area contributed by atoms with Crippen molar-refractivity contribution < 1.29 is 4.79 Å². The van der Waals surface area contributed by atoms with Crippen LogP contribution in [0.5, 0.6) is 0 Å². The van der Waals surface area contributed by atoms with Crippen molar-refractivity contribution in [3.05, 3.63) is 23.8 Å². The summed E-state index contributed by atoms with van der Waals surface area (Å²) < 4.78 is 0. The third-order valence-electron chi connectivity index (χ3n) is 5.53. The van der Waals surface area contributed by atoms with E-state index in [1.807, 2.05) is 12.1 Å². The molecule has 1 saturated heterocycles. The minimum absolute atomic E-state index is 0. The number of fused-ring (bicyclic) bond motifs is 1. The van der Waals surface area contributed by atoms with Gasteiger partial charge in [0.15, 0.2) is 0 Å². The number of piperidine rings is 1. The molecule has 0 aliphatic carbocycles. The molecule has 0 radical (unpaired) electrons. The normalized spacial score (nSPS) is 21.7. The molecule has 1 amide bonds. The maximum atomic E-state index is 13.1. The standard InChI is InChI=1S/C19H29N3O.ClH/c1-3-15-8-4-5-12-22(15)19(23)14(2)21-13-7-9-16-17(20)10-6-11-18(16)21;/h6,10-11,14-15H,3-5,7-9,12-13,20H2,1-2H3;1H. The quantitative estimate of drug-likeness (QED) is 0.846. The topological polar surface area (TPSA) is 49.6 Å². The molecule has 2 atom stereocenters. The number of carbonyl (C=O) groups excluding carboxylic acids is 1. The van der Waals surface area contributed by atoms with E-state index >= 15 is 0 Å². The molecule has 0 spiro atoms. The Kier molecular flexibility index (Phi) is 6.39. The Labute approximate surface area is 151 Å². The predicted molar refractivity (Wildman–Crippen MR) is 103 cm³/mol. The fourth-order valence-electron chi connectivity index (χ4n) is 4.17. The van der Waals surface area contributed by atoms with Crippen LogP contribution in [0.3, 0.4) is 0 Å². The highest BCUT2D eigenvalue weighted by molar-refractivity contribution is 5.86. The van der Waals surface area contributed by atoms with Gasteiger partial charge in [0.1, 0.15) is 6.04 Å². The van der Waals surface area contributed by atoms with Gasteiger partial charge in [0.2, 0.25) is 5.91 Å². The van der Waals surface area contributed by atoms with Gasteiger partial charge < -0.3 is 15.5 Å². The average molecular weight is 352 g/mol.